The lowest BCUT2D eigenvalue weighted by Gasteiger charge is -2.26. The summed E-state index contributed by atoms with van der Waals surface area (Å²) in [6.07, 6.45) is 2.04. The molecule has 0 saturated heterocycles. The van der Waals surface area contributed by atoms with E-state index in [9.17, 15) is 4.39 Å². The molecule has 5 heteroatoms. The Labute approximate surface area is 122 Å². The molecule has 1 aromatic carbocycles. The van der Waals surface area contributed by atoms with E-state index < -0.39 is 0 Å². The van der Waals surface area contributed by atoms with Gasteiger partial charge in [0.15, 0.2) is 0 Å². The second-order valence-electron chi connectivity index (χ2n) is 5.15. The van der Waals surface area contributed by atoms with Gasteiger partial charge in [-0.3, -0.25) is 10.00 Å². The zero-order valence-corrected chi connectivity index (χ0v) is 12.2. The summed E-state index contributed by atoms with van der Waals surface area (Å²) in [4.78, 5) is 2.37. The molecule has 20 heavy (non-hydrogen) atoms. The summed E-state index contributed by atoms with van der Waals surface area (Å²) in [5.74, 6) is -0.320. The summed E-state index contributed by atoms with van der Waals surface area (Å²) >= 11 is 6.15. The first-order valence-corrected chi connectivity index (χ1v) is 7.31. The molecule has 1 aliphatic rings. The number of benzene rings is 1. The number of nitrogens with one attached hydrogen (secondary N) is 1. The Bertz CT molecular complexity index is 603. The van der Waals surface area contributed by atoms with Gasteiger partial charge in [0.1, 0.15) is 11.5 Å². The van der Waals surface area contributed by atoms with E-state index in [2.05, 4.69) is 22.0 Å². The second-order valence-corrected chi connectivity index (χ2v) is 5.56. The molecule has 2 aromatic rings. The molecule has 106 valence electrons. The maximum Gasteiger partial charge on any atom is 0.134 e. The van der Waals surface area contributed by atoms with E-state index in [1.807, 2.05) is 0 Å². The van der Waals surface area contributed by atoms with E-state index in [1.165, 1.54) is 6.07 Å². The van der Waals surface area contributed by atoms with Crippen LogP contribution in [-0.2, 0) is 13.0 Å². The highest BCUT2D eigenvalue weighted by atomic mass is 35.5. The van der Waals surface area contributed by atoms with E-state index in [-0.39, 0.29) is 5.82 Å². The molecule has 0 unspecified atom stereocenters. The summed E-state index contributed by atoms with van der Waals surface area (Å²) < 4.78 is 14.1. The third-order valence-electron chi connectivity index (χ3n) is 3.75. The number of nitrogens with zero attached hydrogens (tertiary/aromatic N) is 2. The Morgan fingerprint density at radius 1 is 1.45 bits per heavy atom. The van der Waals surface area contributed by atoms with Crippen molar-refractivity contribution in [2.24, 2.45) is 0 Å². The van der Waals surface area contributed by atoms with Crippen molar-refractivity contribution in [2.75, 3.05) is 13.1 Å². The summed E-state index contributed by atoms with van der Waals surface area (Å²) in [7, 11) is 0. The van der Waals surface area contributed by atoms with Crippen LogP contribution in [0.3, 0.4) is 0 Å². The standard InChI is InChI=1S/C15H17ClFN3/c1-2-7-20-8-6-13-10(9-20)15(19-18-13)14-11(16)4-3-5-12(14)17/h3-5H,2,6-9H2,1H3,(H,18,19). The van der Waals surface area contributed by atoms with Gasteiger partial charge >= 0.3 is 0 Å². The SMILES string of the molecule is CCCN1CCc2[nH]nc(-c3c(F)cccc3Cl)c2C1. The lowest BCUT2D eigenvalue weighted by atomic mass is 10.0. The molecule has 0 fully saturated rings. The van der Waals surface area contributed by atoms with Gasteiger partial charge in [-0.1, -0.05) is 24.6 Å². The van der Waals surface area contributed by atoms with Crippen LogP contribution in [0.25, 0.3) is 11.3 Å². The smallest absolute Gasteiger partial charge is 0.134 e. The number of hydrogen-bond acceptors (Lipinski definition) is 2. The summed E-state index contributed by atoms with van der Waals surface area (Å²) in [6, 6.07) is 4.74. The highest BCUT2D eigenvalue weighted by Gasteiger charge is 2.24. The third-order valence-corrected chi connectivity index (χ3v) is 4.07. The van der Waals surface area contributed by atoms with Crippen molar-refractivity contribution in [1.82, 2.24) is 15.1 Å². The molecular formula is C15H17ClFN3. The number of halogens is 2. The molecule has 0 spiro atoms. The number of H-pyrrole nitrogens is 1. The first-order valence-electron chi connectivity index (χ1n) is 6.93. The minimum Gasteiger partial charge on any atom is -0.299 e. The molecule has 0 radical (unpaired) electrons. The molecule has 2 heterocycles. The second kappa shape index (κ2) is 5.54. The van der Waals surface area contributed by atoms with E-state index >= 15 is 0 Å². The quantitative estimate of drug-likeness (QED) is 0.937. The summed E-state index contributed by atoms with van der Waals surface area (Å²) in [5, 5.41) is 7.76. The zero-order chi connectivity index (χ0) is 14.1. The average molecular weight is 294 g/mol. The maximum absolute atomic E-state index is 14.1. The predicted molar refractivity (Wildman–Crippen MR) is 78.3 cm³/mol. The molecule has 0 atom stereocenters. The van der Waals surface area contributed by atoms with Gasteiger partial charge in [-0.25, -0.2) is 4.39 Å². The third kappa shape index (κ3) is 2.34. The monoisotopic (exact) mass is 293 g/mol. The Morgan fingerprint density at radius 3 is 3.05 bits per heavy atom. The highest BCUT2D eigenvalue weighted by Crippen LogP contribution is 2.34. The molecule has 0 aliphatic carbocycles. The van der Waals surface area contributed by atoms with Crippen LogP contribution < -0.4 is 0 Å². The molecule has 0 amide bonds. The van der Waals surface area contributed by atoms with Crippen LogP contribution in [0.5, 0.6) is 0 Å². The van der Waals surface area contributed by atoms with Gasteiger partial charge in [-0.2, -0.15) is 5.10 Å². The molecule has 0 bridgehead atoms. The van der Waals surface area contributed by atoms with Crippen molar-refractivity contribution in [2.45, 2.75) is 26.3 Å². The number of aromatic amines is 1. The molecule has 0 saturated carbocycles. The molecule has 1 aliphatic heterocycles. The minimum atomic E-state index is -0.320. The van der Waals surface area contributed by atoms with Crippen LogP contribution in [0.2, 0.25) is 5.02 Å². The zero-order valence-electron chi connectivity index (χ0n) is 11.4. The van der Waals surface area contributed by atoms with Gasteiger partial charge in [0.05, 0.1) is 10.6 Å². The van der Waals surface area contributed by atoms with E-state index in [0.29, 0.717) is 16.3 Å². The first-order chi connectivity index (χ1) is 9.70. The predicted octanol–water partition coefficient (Wildman–Crippen LogP) is 3.64. The topological polar surface area (TPSA) is 31.9 Å². The van der Waals surface area contributed by atoms with Crippen LogP contribution in [-0.4, -0.2) is 28.2 Å². The molecule has 3 nitrogen and oxygen atoms in total. The fourth-order valence-electron chi connectivity index (χ4n) is 2.79. The number of fused-ring (bicyclic) bond motifs is 1. The van der Waals surface area contributed by atoms with Crippen LogP contribution >= 0.6 is 11.6 Å². The van der Waals surface area contributed by atoms with Crippen molar-refractivity contribution < 1.29 is 4.39 Å². The van der Waals surface area contributed by atoms with Gasteiger partial charge < -0.3 is 0 Å². The lowest BCUT2D eigenvalue weighted by Crippen LogP contribution is -2.31. The van der Waals surface area contributed by atoms with Gasteiger partial charge in [0, 0.05) is 30.8 Å². The van der Waals surface area contributed by atoms with Crippen LogP contribution in [0.1, 0.15) is 24.6 Å². The van der Waals surface area contributed by atoms with Gasteiger partial charge in [-0.15, -0.1) is 0 Å². The molecule has 1 N–H and O–H groups in total. The lowest BCUT2D eigenvalue weighted by molar-refractivity contribution is 0.254. The van der Waals surface area contributed by atoms with Crippen molar-refractivity contribution >= 4 is 11.6 Å². The van der Waals surface area contributed by atoms with Crippen molar-refractivity contribution in [3.05, 3.63) is 40.3 Å². The Kier molecular flexibility index (Phi) is 3.76. The Balaban J connectivity index is 2.03. The van der Waals surface area contributed by atoms with Crippen molar-refractivity contribution in [3.8, 4) is 11.3 Å². The van der Waals surface area contributed by atoms with Crippen LogP contribution in [0.15, 0.2) is 18.2 Å². The minimum absolute atomic E-state index is 0.320. The van der Waals surface area contributed by atoms with Gasteiger partial charge in [-0.05, 0) is 25.1 Å². The van der Waals surface area contributed by atoms with Gasteiger partial charge in [0.2, 0.25) is 0 Å². The fraction of sp³-hybridized carbons (Fsp3) is 0.400. The Hall–Kier alpha value is -1.39. The molecule has 3 rings (SSSR count). The van der Waals surface area contributed by atoms with Crippen molar-refractivity contribution in [3.63, 3.8) is 0 Å². The normalized spacial score (nSPS) is 15.3. The first kappa shape index (κ1) is 13.6. The van der Waals surface area contributed by atoms with Crippen LogP contribution in [0.4, 0.5) is 4.39 Å². The summed E-state index contributed by atoms with van der Waals surface area (Å²) in [5.41, 5.74) is 3.25. The number of aromatic nitrogens is 2. The highest BCUT2D eigenvalue weighted by molar-refractivity contribution is 6.33. The van der Waals surface area contributed by atoms with E-state index in [0.717, 1.165) is 43.7 Å². The number of rotatable bonds is 3. The van der Waals surface area contributed by atoms with E-state index in [4.69, 9.17) is 11.6 Å². The van der Waals surface area contributed by atoms with Gasteiger partial charge in [0.25, 0.3) is 0 Å². The largest absolute Gasteiger partial charge is 0.299 e. The summed E-state index contributed by atoms with van der Waals surface area (Å²) in [6.45, 7) is 5.04. The van der Waals surface area contributed by atoms with Crippen molar-refractivity contribution in [1.29, 1.82) is 0 Å². The fourth-order valence-corrected chi connectivity index (χ4v) is 3.04. The average Bonchev–Trinajstić information content (AvgIpc) is 2.82. The Morgan fingerprint density at radius 2 is 2.30 bits per heavy atom. The molecular weight excluding hydrogens is 277 g/mol. The van der Waals surface area contributed by atoms with Crippen LogP contribution in [0, 0.1) is 5.82 Å². The maximum atomic E-state index is 14.1. The number of hydrogen-bond donors (Lipinski definition) is 1. The molecule has 1 aromatic heterocycles. The van der Waals surface area contributed by atoms with E-state index in [1.54, 1.807) is 12.1 Å².